The molecule has 0 aromatic rings. The van der Waals surface area contributed by atoms with Gasteiger partial charge in [0.05, 0.1) is 0 Å². The molecule has 78 valence electrons. The van der Waals surface area contributed by atoms with Crippen LogP contribution in [0.1, 0.15) is 53.9 Å². The molecule has 1 rings (SSSR count). The maximum atomic E-state index is 2.68. The Hall–Kier alpha value is -0.0400. The van der Waals surface area contributed by atoms with E-state index in [1.165, 1.54) is 25.8 Å². The highest BCUT2D eigenvalue weighted by molar-refractivity contribution is 4.87. The van der Waals surface area contributed by atoms with Crippen LogP contribution in [0.15, 0.2) is 0 Å². The largest absolute Gasteiger partial charge is 0.297 e. The molecule has 1 aliphatic heterocycles. The molecule has 1 heteroatoms. The lowest BCUT2D eigenvalue weighted by atomic mass is 9.80. The molecule has 1 nitrogen and oxygen atoms in total. The topological polar surface area (TPSA) is 3.24 Å². The zero-order valence-electron chi connectivity index (χ0n) is 9.93. The van der Waals surface area contributed by atoms with Crippen LogP contribution in [0.2, 0.25) is 0 Å². The van der Waals surface area contributed by atoms with Crippen molar-refractivity contribution in [3.05, 3.63) is 0 Å². The van der Waals surface area contributed by atoms with E-state index in [1.807, 2.05) is 0 Å². The van der Waals surface area contributed by atoms with Crippen molar-refractivity contribution in [3.8, 4) is 0 Å². The van der Waals surface area contributed by atoms with Crippen LogP contribution in [0.3, 0.4) is 0 Å². The van der Waals surface area contributed by atoms with Gasteiger partial charge in [0.25, 0.3) is 0 Å². The fourth-order valence-electron chi connectivity index (χ4n) is 2.50. The minimum atomic E-state index is 0.449. The van der Waals surface area contributed by atoms with E-state index in [9.17, 15) is 0 Å². The number of nitrogens with zero attached hydrogens (tertiary/aromatic N) is 1. The maximum absolute atomic E-state index is 2.68. The minimum Gasteiger partial charge on any atom is -0.297 e. The van der Waals surface area contributed by atoms with Crippen LogP contribution >= 0.6 is 0 Å². The smallest absolute Gasteiger partial charge is 0.0146 e. The average Bonchev–Trinajstić information content (AvgIpc) is 2.03. The second-order valence-electron chi connectivity index (χ2n) is 5.71. The summed E-state index contributed by atoms with van der Waals surface area (Å²) < 4.78 is 0. The van der Waals surface area contributed by atoms with Crippen molar-refractivity contribution in [2.24, 2.45) is 5.41 Å². The third-order valence-electron chi connectivity index (χ3n) is 3.21. The molecule has 0 amide bonds. The Bertz CT molecular complexity index is 155. The molecule has 1 saturated heterocycles. The van der Waals surface area contributed by atoms with Gasteiger partial charge in [0.15, 0.2) is 0 Å². The first-order valence-electron chi connectivity index (χ1n) is 5.68. The van der Waals surface area contributed by atoms with E-state index in [4.69, 9.17) is 0 Å². The van der Waals surface area contributed by atoms with Gasteiger partial charge in [0.1, 0.15) is 0 Å². The van der Waals surface area contributed by atoms with E-state index in [0.717, 1.165) is 6.04 Å². The third kappa shape index (κ3) is 2.70. The lowest BCUT2D eigenvalue weighted by molar-refractivity contribution is 0.0389. The molecule has 13 heavy (non-hydrogen) atoms. The molecule has 0 radical (unpaired) electrons. The summed E-state index contributed by atoms with van der Waals surface area (Å²) in [5.74, 6) is 0. The van der Waals surface area contributed by atoms with Crippen molar-refractivity contribution in [1.82, 2.24) is 4.90 Å². The van der Waals surface area contributed by atoms with Gasteiger partial charge < -0.3 is 0 Å². The highest BCUT2D eigenvalue weighted by Gasteiger charge is 2.33. The summed E-state index contributed by atoms with van der Waals surface area (Å²) in [6, 6.07) is 1.51. The lowest BCUT2D eigenvalue weighted by Crippen LogP contribution is -2.50. The van der Waals surface area contributed by atoms with Crippen LogP contribution in [0.5, 0.6) is 0 Å². The van der Waals surface area contributed by atoms with E-state index in [0.29, 0.717) is 11.5 Å². The molecule has 1 aliphatic rings. The van der Waals surface area contributed by atoms with Crippen molar-refractivity contribution in [3.63, 3.8) is 0 Å². The number of hydrogen-bond donors (Lipinski definition) is 0. The predicted octanol–water partition coefficient (Wildman–Crippen LogP) is 3.30. The molecule has 0 N–H and O–H groups in total. The number of piperidine rings is 1. The minimum absolute atomic E-state index is 0.449. The number of hydrogen-bond acceptors (Lipinski definition) is 1. The van der Waals surface area contributed by atoms with Crippen molar-refractivity contribution < 1.29 is 0 Å². The summed E-state index contributed by atoms with van der Waals surface area (Å²) in [4.78, 5) is 2.68. The zero-order valence-corrected chi connectivity index (χ0v) is 9.93. The van der Waals surface area contributed by atoms with E-state index >= 15 is 0 Å². The second-order valence-corrected chi connectivity index (χ2v) is 5.71. The van der Waals surface area contributed by atoms with Crippen LogP contribution in [-0.4, -0.2) is 23.5 Å². The van der Waals surface area contributed by atoms with Crippen LogP contribution in [0.25, 0.3) is 0 Å². The summed E-state index contributed by atoms with van der Waals surface area (Å²) in [6.07, 6.45) is 4.21. The van der Waals surface area contributed by atoms with Crippen molar-refractivity contribution in [2.45, 2.75) is 66.0 Å². The quantitative estimate of drug-likeness (QED) is 0.603. The van der Waals surface area contributed by atoms with Crippen LogP contribution in [0, 0.1) is 5.41 Å². The van der Waals surface area contributed by atoms with Gasteiger partial charge in [-0.3, -0.25) is 4.90 Å². The Morgan fingerprint density at radius 2 is 1.77 bits per heavy atom. The summed E-state index contributed by atoms with van der Waals surface area (Å²) in [7, 11) is 0. The molecule has 1 atom stereocenters. The maximum Gasteiger partial charge on any atom is 0.0146 e. The number of likely N-dealkylation sites (tertiary alicyclic amines) is 1. The fourth-order valence-corrected chi connectivity index (χ4v) is 2.50. The first-order chi connectivity index (χ1) is 5.93. The second kappa shape index (κ2) is 4.00. The Kier molecular flexibility index (Phi) is 3.39. The Morgan fingerprint density at radius 3 is 2.15 bits per heavy atom. The van der Waals surface area contributed by atoms with E-state index in [2.05, 4.69) is 39.5 Å². The Labute approximate surface area is 83.5 Å². The fraction of sp³-hybridized carbons (Fsp3) is 1.00. The molecule has 0 aromatic heterocycles. The first-order valence-corrected chi connectivity index (χ1v) is 5.68. The standard InChI is InChI=1S/C12H25N/c1-10(2)13-9-7-6-8-11(13)12(3,4)5/h10-11H,6-9H2,1-5H3/t11-/m0/s1. The van der Waals surface area contributed by atoms with E-state index in [-0.39, 0.29) is 0 Å². The van der Waals surface area contributed by atoms with E-state index < -0.39 is 0 Å². The van der Waals surface area contributed by atoms with Gasteiger partial charge >= 0.3 is 0 Å². The molecule has 0 saturated carbocycles. The number of rotatable bonds is 1. The molecular weight excluding hydrogens is 158 g/mol. The van der Waals surface area contributed by atoms with Gasteiger partial charge in [0.2, 0.25) is 0 Å². The highest BCUT2D eigenvalue weighted by atomic mass is 15.2. The van der Waals surface area contributed by atoms with Crippen molar-refractivity contribution in [1.29, 1.82) is 0 Å². The molecule has 0 unspecified atom stereocenters. The van der Waals surface area contributed by atoms with Gasteiger partial charge in [0, 0.05) is 12.1 Å². The normalized spacial score (nSPS) is 26.8. The third-order valence-corrected chi connectivity index (χ3v) is 3.21. The summed E-state index contributed by atoms with van der Waals surface area (Å²) >= 11 is 0. The molecular formula is C12H25N. The molecule has 0 spiro atoms. The van der Waals surface area contributed by atoms with E-state index in [1.54, 1.807) is 0 Å². The van der Waals surface area contributed by atoms with Gasteiger partial charge in [-0.1, -0.05) is 27.2 Å². The van der Waals surface area contributed by atoms with Crippen LogP contribution in [0.4, 0.5) is 0 Å². The Balaban J connectivity index is 2.67. The monoisotopic (exact) mass is 183 g/mol. The Morgan fingerprint density at radius 1 is 1.15 bits per heavy atom. The van der Waals surface area contributed by atoms with Crippen molar-refractivity contribution >= 4 is 0 Å². The molecule has 1 heterocycles. The van der Waals surface area contributed by atoms with Crippen LogP contribution in [-0.2, 0) is 0 Å². The van der Waals surface area contributed by atoms with Gasteiger partial charge in [-0.05, 0) is 38.6 Å². The summed E-state index contributed by atoms with van der Waals surface area (Å²) in [6.45, 7) is 13.1. The lowest BCUT2D eigenvalue weighted by Gasteiger charge is -2.45. The molecule has 0 aliphatic carbocycles. The molecule has 0 aromatic carbocycles. The summed E-state index contributed by atoms with van der Waals surface area (Å²) in [5, 5.41) is 0. The first kappa shape index (κ1) is 11.0. The molecule has 0 bridgehead atoms. The molecule has 1 fully saturated rings. The van der Waals surface area contributed by atoms with Gasteiger partial charge in [-0.25, -0.2) is 0 Å². The van der Waals surface area contributed by atoms with Gasteiger partial charge in [-0.15, -0.1) is 0 Å². The SMILES string of the molecule is CC(C)N1CCCC[C@H]1C(C)(C)C. The van der Waals surface area contributed by atoms with Gasteiger partial charge in [-0.2, -0.15) is 0 Å². The predicted molar refractivity (Wildman–Crippen MR) is 58.9 cm³/mol. The average molecular weight is 183 g/mol. The van der Waals surface area contributed by atoms with Crippen molar-refractivity contribution in [2.75, 3.05) is 6.54 Å². The van der Waals surface area contributed by atoms with Crippen LogP contribution < -0.4 is 0 Å². The summed E-state index contributed by atoms with van der Waals surface area (Å²) in [5.41, 5.74) is 0.449. The highest BCUT2D eigenvalue weighted by Crippen LogP contribution is 2.32. The zero-order chi connectivity index (χ0) is 10.1.